The number of hydrogen-bond donors (Lipinski definition) is 2. The van der Waals surface area contributed by atoms with Gasteiger partial charge in [0, 0.05) is 34.9 Å². The van der Waals surface area contributed by atoms with Gasteiger partial charge in [0.25, 0.3) is 0 Å². The van der Waals surface area contributed by atoms with Gasteiger partial charge in [-0.25, -0.2) is 4.98 Å². The third-order valence-corrected chi connectivity index (χ3v) is 4.87. The van der Waals surface area contributed by atoms with Crippen molar-refractivity contribution in [2.75, 3.05) is 0 Å². The second-order valence-electron chi connectivity index (χ2n) is 5.15. The molecule has 1 unspecified atom stereocenters. The predicted molar refractivity (Wildman–Crippen MR) is 88.1 cm³/mol. The van der Waals surface area contributed by atoms with Crippen LogP contribution >= 0.6 is 11.3 Å². The van der Waals surface area contributed by atoms with Gasteiger partial charge in [0.05, 0.1) is 6.04 Å². The molecule has 0 spiro atoms. The zero-order valence-corrected chi connectivity index (χ0v) is 12.9. The van der Waals surface area contributed by atoms with Crippen LogP contribution in [0.1, 0.15) is 30.1 Å². The topological polar surface area (TPSA) is 55.9 Å². The highest BCUT2D eigenvalue weighted by molar-refractivity contribution is 7.19. The Kier molecular flexibility index (Phi) is 4.34. The lowest BCUT2D eigenvalue weighted by Crippen LogP contribution is -2.29. The number of hydrogen-bond acceptors (Lipinski definition) is 4. The molecule has 1 aromatic carbocycles. The van der Waals surface area contributed by atoms with E-state index in [-0.39, 0.29) is 6.04 Å². The van der Waals surface area contributed by atoms with Crippen LogP contribution in [0.15, 0.2) is 42.7 Å². The number of hydrazine groups is 1. The van der Waals surface area contributed by atoms with Crippen LogP contribution in [0.25, 0.3) is 10.1 Å². The van der Waals surface area contributed by atoms with Gasteiger partial charge in [-0.1, -0.05) is 25.1 Å². The molecule has 0 aliphatic rings. The molecule has 1 atom stereocenters. The minimum Gasteiger partial charge on any atom is -0.335 e. The first-order valence-corrected chi connectivity index (χ1v) is 8.08. The van der Waals surface area contributed by atoms with Crippen LogP contribution in [0.3, 0.4) is 0 Å². The first-order chi connectivity index (χ1) is 10.3. The number of rotatable bonds is 6. The number of imidazole rings is 1. The summed E-state index contributed by atoms with van der Waals surface area (Å²) in [6.45, 7) is 3.17. The molecule has 0 fully saturated rings. The zero-order chi connectivity index (χ0) is 14.7. The normalized spacial score (nSPS) is 12.9. The Hall–Kier alpha value is -1.69. The van der Waals surface area contributed by atoms with E-state index in [1.807, 2.05) is 12.4 Å². The Morgan fingerprint density at radius 3 is 3.00 bits per heavy atom. The summed E-state index contributed by atoms with van der Waals surface area (Å²) < 4.78 is 3.50. The average Bonchev–Trinajstić information content (AvgIpc) is 3.11. The summed E-state index contributed by atoms with van der Waals surface area (Å²) in [6, 6.07) is 10.7. The van der Waals surface area contributed by atoms with Gasteiger partial charge in [-0.05, 0) is 23.9 Å². The molecule has 0 aliphatic heterocycles. The monoisotopic (exact) mass is 300 g/mol. The van der Waals surface area contributed by atoms with E-state index in [0.29, 0.717) is 0 Å². The Morgan fingerprint density at radius 1 is 1.38 bits per heavy atom. The lowest BCUT2D eigenvalue weighted by atomic mass is 10.1. The van der Waals surface area contributed by atoms with E-state index in [0.717, 1.165) is 25.2 Å². The average molecular weight is 300 g/mol. The molecule has 0 radical (unpaired) electrons. The number of aromatic nitrogens is 2. The third-order valence-electron chi connectivity index (χ3n) is 3.64. The van der Waals surface area contributed by atoms with Crippen molar-refractivity contribution in [3.8, 4) is 0 Å². The molecule has 0 aliphatic carbocycles. The van der Waals surface area contributed by atoms with Crippen molar-refractivity contribution in [1.82, 2.24) is 15.0 Å². The van der Waals surface area contributed by atoms with Crippen LogP contribution in [0.4, 0.5) is 0 Å². The van der Waals surface area contributed by atoms with E-state index in [4.69, 9.17) is 5.84 Å². The van der Waals surface area contributed by atoms with Gasteiger partial charge in [0.1, 0.15) is 5.82 Å². The smallest absolute Gasteiger partial charge is 0.110 e. The molecular weight excluding hydrogens is 280 g/mol. The van der Waals surface area contributed by atoms with Crippen molar-refractivity contribution in [2.24, 2.45) is 5.84 Å². The molecule has 0 amide bonds. The molecule has 21 heavy (non-hydrogen) atoms. The van der Waals surface area contributed by atoms with E-state index in [9.17, 15) is 0 Å². The van der Waals surface area contributed by atoms with E-state index >= 15 is 0 Å². The quantitative estimate of drug-likeness (QED) is 0.543. The molecule has 0 bridgehead atoms. The predicted octanol–water partition coefficient (Wildman–Crippen LogP) is 3.25. The van der Waals surface area contributed by atoms with Crippen molar-refractivity contribution in [1.29, 1.82) is 0 Å². The number of aryl methyl sites for hydroxylation is 1. The molecule has 110 valence electrons. The van der Waals surface area contributed by atoms with Crippen LogP contribution in [0.2, 0.25) is 0 Å². The van der Waals surface area contributed by atoms with Gasteiger partial charge in [0.15, 0.2) is 0 Å². The second kappa shape index (κ2) is 6.39. The van der Waals surface area contributed by atoms with Crippen molar-refractivity contribution in [3.05, 3.63) is 53.4 Å². The molecule has 2 heterocycles. The minimum atomic E-state index is 0.0976. The van der Waals surface area contributed by atoms with Gasteiger partial charge < -0.3 is 4.57 Å². The number of nitrogens with one attached hydrogen (secondary N) is 1. The maximum absolute atomic E-state index is 5.79. The van der Waals surface area contributed by atoms with E-state index in [1.165, 1.54) is 15.0 Å². The van der Waals surface area contributed by atoms with Crippen molar-refractivity contribution >= 4 is 21.4 Å². The lowest BCUT2D eigenvalue weighted by Gasteiger charge is -2.15. The van der Waals surface area contributed by atoms with Crippen LogP contribution in [-0.2, 0) is 13.0 Å². The third kappa shape index (κ3) is 3.00. The summed E-state index contributed by atoms with van der Waals surface area (Å²) in [7, 11) is 0. The Bertz CT molecular complexity index is 683. The molecule has 5 heteroatoms. The number of thiophene rings is 1. The van der Waals surface area contributed by atoms with Gasteiger partial charge >= 0.3 is 0 Å². The Balaban J connectivity index is 1.85. The first kappa shape index (κ1) is 14.3. The summed E-state index contributed by atoms with van der Waals surface area (Å²) in [5, 5.41) is 1.27. The number of nitrogens with two attached hydrogens (primary N) is 1. The van der Waals surface area contributed by atoms with Gasteiger partial charge in [-0.15, -0.1) is 11.3 Å². The zero-order valence-electron chi connectivity index (χ0n) is 12.1. The van der Waals surface area contributed by atoms with E-state index in [2.05, 4.69) is 52.2 Å². The number of nitrogens with zero attached hydrogens (tertiary/aromatic N) is 2. The fourth-order valence-electron chi connectivity index (χ4n) is 2.57. The summed E-state index contributed by atoms with van der Waals surface area (Å²) in [4.78, 5) is 5.73. The summed E-state index contributed by atoms with van der Waals surface area (Å²) in [6.07, 6.45) is 5.81. The van der Waals surface area contributed by atoms with E-state index < -0.39 is 0 Å². The fraction of sp³-hybridized carbons (Fsp3) is 0.312. The first-order valence-electron chi connectivity index (χ1n) is 7.26. The Morgan fingerprint density at radius 2 is 2.24 bits per heavy atom. The van der Waals surface area contributed by atoms with Crippen LogP contribution in [0, 0.1) is 0 Å². The molecular formula is C16H20N4S. The molecule has 2 aromatic heterocycles. The largest absolute Gasteiger partial charge is 0.335 e. The molecule has 3 rings (SSSR count). The van der Waals surface area contributed by atoms with E-state index in [1.54, 1.807) is 11.3 Å². The summed E-state index contributed by atoms with van der Waals surface area (Å²) >= 11 is 1.79. The second-order valence-corrected chi connectivity index (χ2v) is 6.26. The van der Waals surface area contributed by atoms with Crippen molar-refractivity contribution in [2.45, 2.75) is 32.4 Å². The SMILES string of the molecule is CCCn1ccnc1CC(NN)c1cc2ccccc2s1. The van der Waals surface area contributed by atoms with Crippen molar-refractivity contribution < 1.29 is 0 Å². The van der Waals surface area contributed by atoms with Crippen LogP contribution in [0.5, 0.6) is 0 Å². The number of benzene rings is 1. The highest BCUT2D eigenvalue weighted by Gasteiger charge is 2.16. The standard InChI is InChI=1S/C16H20N4S/c1-2-8-20-9-7-18-16(20)11-13(19-17)15-10-12-5-3-4-6-14(12)21-15/h3-7,9-10,13,19H,2,8,11,17H2,1H3. The number of fused-ring (bicyclic) bond motifs is 1. The highest BCUT2D eigenvalue weighted by Crippen LogP contribution is 2.30. The maximum Gasteiger partial charge on any atom is 0.110 e. The van der Waals surface area contributed by atoms with Gasteiger partial charge in [0.2, 0.25) is 0 Å². The Labute approximate surface area is 128 Å². The maximum atomic E-state index is 5.79. The molecule has 3 N–H and O–H groups in total. The molecule has 3 aromatic rings. The van der Waals surface area contributed by atoms with Gasteiger partial charge in [-0.3, -0.25) is 11.3 Å². The molecule has 0 saturated heterocycles. The summed E-state index contributed by atoms with van der Waals surface area (Å²) in [5.74, 6) is 6.87. The molecule has 0 saturated carbocycles. The van der Waals surface area contributed by atoms with Crippen LogP contribution in [-0.4, -0.2) is 9.55 Å². The molecule has 4 nitrogen and oxygen atoms in total. The summed E-state index contributed by atoms with van der Waals surface area (Å²) in [5.41, 5.74) is 2.94. The van der Waals surface area contributed by atoms with Crippen molar-refractivity contribution in [3.63, 3.8) is 0 Å². The highest BCUT2D eigenvalue weighted by atomic mass is 32.1. The lowest BCUT2D eigenvalue weighted by molar-refractivity contribution is 0.523. The van der Waals surface area contributed by atoms with Crippen LogP contribution < -0.4 is 11.3 Å². The van der Waals surface area contributed by atoms with Gasteiger partial charge in [-0.2, -0.15) is 0 Å². The minimum absolute atomic E-state index is 0.0976. The fourth-order valence-corrected chi connectivity index (χ4v) is 3.70.